The van der Waals surface area contributed by atoms with Gasteiger partial charge in [-0.15, -0.1) is 0 Å². The molecule has 1 rings (SSSR count). The van der Waals surface area contributed by atoms with Crippen LogP contribution in [0.3, 0.4) is 0 Å². The van der Waals surface area contributed by atoms with Crippen LogP contribution in [0, 0.1) is 6.92 Å². The van der Waals surface area contributed by atoms with E-state index >= 15 is 0 Å². The SMILES string of the molecule is Cc1ccc([C@@H](C(=O)NCCOCCO)N(C)C)cc1. The molecule has 0 aromatic heterocycles. The number of carbonyl (C=O) groups excluding carboxylic acids is 1. The van der Waals surface area contributed by atoms with Crippen LogP contribution in [-0.2, 0) is 9.53 Å². The maximum absolute atomic E-state index is 12.2. The van der Waals surface area contributed by atoms with Gasteiger partial charge in [-0.3, -0.25) is 9.69 Å². The van der Waals surface area contributed by atoms with E-state index in [-0.39, 0.29) is 18.6 Å². The van der Waals surface area contributed by atoms with E-state index < -0.39 is 0 Å². The normalized spacial score (nSPS) is 12.4. The molecule has 0 heterocycles. The third-order valence-corrected chi connectivity index (χ3v) is 2.94. The predicted molar refractivity (Wildman–Crippen MR) is 78.5 cm³/mol. The fourth-order valence-electron chi connectivity index (χ4n) is 1.94. The largest absolute Gasteiger partial charge is 0.394 e. The zero-order valence-electron chi connectivity index (χ0n) is 12.4. The van der Waals surface area contributed by atoms with E-state index in [1.807, 2.05) is 50.2 Å². The molecule has 1 aromatic rings. The molecule has 0 aliphatic carbocycles. The van der Waals surface area contributed by atoms with Crippen molar-refractivity contribution in [1.82, 2.24) is 10.2 Å². The number of nitrogens with zero attached hydrogens (tertiary/aromatic N) is 1. The van der Waals surface area contributed by atoms with Crippen molar-refractivity contribution in [2.24, 2.45) is 0 Å². The van der Waals surface area contributed by atoms with Gasteiger partial charge in [0, 0.05) is 6.54 Å². The van der Waals surface area contributed by atoms with Gasteiger partial charge in [0.15, 0.2) is 0 Å². The summed E-state index contributed by atoms with van der Waals surface area (Å²) in [6.45, 7) is 3.16. The molecule has 1 atom stereocenters. The lowest BCUT2D eigenvalue weighted by atomic mass is 10.0. The second-order valence-electron chi connectivity index (χ2n) is 4.90. The van der Waals surface area contributed by atoms with Crippen LogP contribution >= 0.6 is 0 Å². The summed E-state index contributed by atoms with van der Waals surface area (Å²) >= 11 is 0. The van der Waals surface area contributed by atoms with Gasteiger partial charge in [0.05, 0.1) is 19.8 Å². The average Bonchev–Trinajstić information content (AvgIpc) is 2.40. The quantitative estimate of drug-likeness (QED) is 0.689. The molecule has 0 radical (unpaired) electrons. The van der Waals surface area contributed by atoms with E-state index in [9.17, 15) is 4.79 Å². The Kier molecular flexibility index (Phi) is 7.22. The molecular formula is C15H24N2O3. The van der Waals surface area contributed by atoms with Crippen molar-refractivity contribution in [3.8, 4) is 0 Å². The van der Waals surface area contributed by atoms with Crippen LogP contribution in [0.25, 0.3) is 0 Å². The Morgan fingerprint density at radius 3 is 2.50 bits per heavy atom. The minimum Gasteiger partial charge on any atom is -0.394 e. The van der Waals surface area contributed by atoms with Crippen molar-refractivity contribution in [2.45, 2.75) is 13.0 Å². The standard InChI is InChI=1S/C15H24N2O3/c1-12-4-6-13(7-5-12)14(17(2)3)15(19)16-8-10-20-11-9-18/h4-7,14,18H,8-11H2,1-3H3,(H,16,19)/t14-/m0/s1. The van der Waals surface area contributed by atoms with E-state index in [0.29, 0.717) is 19.8 Å². The lowest BCUT2D eigenvalue weighted by Gasteiger charge is -2.24. The summed E-state index contributed by atoms with van der Waals surface area (Å²) in [6.07, 6.45) is 0. The molecule has 112 valence electrons. The van der Waals surface area contributed by atoms with Crippen LogP contribution in [0.1, 0.15) is 17.2 Å². The molecule has 0 fully saturated rings. The number of aliphatic hydroxyl groups is 1. The maximum Gasteiger partial charge on any atom is 0.242 e. The van der Waals surface area contributed by atoms with Gasteiger partial charge < -0.3 is 15.2 Å². The first-order chi connectivity index (χ1) is 9.56. The van der Waals surface area contributed by atoms with E-state index in [4.69, 9.17) is 9.84 Å². The molecule has 0 unspecified atom stereocenters. The summed E-state index contributed by atoms with van der Waals surface area (Å²) in [7, 11) is 3.76. The molecule has 2 N–H and O–H groups in total. The van der Waals surface area contributed by atoms with Gasteiger partial charge in [-0.1, -0.05) is 29.8 Å². The van der Waals surface area contributed by atoms with Crippen LogP contribution < -0.4 is 5.32 Å². The Balaban J connectivity index is 2.57. The Labute approximate surface area is 120 Å². The molecule has 1 amide bonds. The summed E-state index contributed by atoms with van der Waals surface area (Å²) < 4.78 is 5.12. The first-order valence-corrected chi connectivity index (χ1v) is 6.75. The smallest absolute Gasteiger partial charge is 0.242 e. The maximum atomic E-state index is 12.2. The van der Waals surface area contributed by atoms with Crippen molar-refractivity contribution >= 4 is 5.91 Å². The highest BCUT2D eigenvalue weighted by Gasteiger charge is 2.22. The molecular weight excluding hydrogens is 256 g/mol. The van der Waals surface area contributed by atoms with E-state index in [2.05, 4.69) is 5.32 Å². The number of likely N-dealkylation sites (N-methyl/N-ethyl adjacent to an activating group) is 1. The van der Waals surface area contributed by atoms with Crippen LogP contribution in [0.2, 0.25) is 0 Å². The number of rotatable bonds is 8. The highest BCUT2D eigenvalue weighted by Crippen LogP contribution is 2.18. The Morgan fingerprint density at radius 2 is 1.95 bits per heavy atom. The molecule has 5 heteroatoms. The Hall–Kier alpha value is -1.43. The Morgan fingerprint density at radius 1 is 1.30 bits per heavy atom. The molecule has 0 bridgehead atoms. The van der Waals surface area contributed by atoms with Crippen molar-refractivity contribution in [3.63, 3.8) is 0 Å². The number of aryl methyl sites for hydroxylation is 1. The second-order valence-corrected chi connectivity index (χ2v) is 4.90. The van der Waals surface area contributed by atoms with Crippen molar-refractivity contribution < 1.29 is 14.6 Å². The molecule has 5 nitrogen and oxygen atoms in total. The lowest BCUT2D eigenvalue weighted by molar-refractivity contribution is -0.126. The molecule has 0 aliphatic rings. The third-order valence-electron chi connectivity index (χ3n) is 2.94. The van der Waals surface area contributed by atoms with Gasteiger partial charge in [-0.25, -0.2) is 0 Å². The summed E-state index contributed by atoms with van der Waals surface area (Å²) in [4.78, 5) is 14.1. The fraction of sp³-hybridized carbons (Fsp3) is 0.533. The number of hydrogen-bond acceptors (Lipinski definition) is 4. The van der Waals surface area contributed by atoms with Gasteiger partial charge in [0.2, 0.25) is 5.91 Å². The number of nitrogens with one attached hydrogen (secondary N) is 1. The molecule has 20 heavy (non-hydrogen) atoms. The number of aliphatic hydroxyl groups excluding tert-OH is 1. The zero-order valence-corrected chi connectivity index (χ0v) is 12.4. The van der Waals surface area contributed by atoms with Gasteiger partial charge in [0.25, 0.3) is 0 Å². The average molecular weight is 280 g/mol. The van der Waals surface area contributed by atoms with Crippen molar-refractivity contribution in [1.29, 1.82) is 0 Å². The number of amides is 1. The predicted octanol–water partition coefficient (Wildman–Crippen LogP) is 0.723. The van der Waals surface area contributed by atoms with Crippen molar-refractivity contribution in [2.75, 3.05) is 40.5 Å². The van der Waals surface area contributed by atoms with E-state index in [0.717, 1.165) is 5.56 Å². The second kappa shape index (κ2) is 8.68. The fourth-order valence-corrected chi connectivity index (χ4v) is 1.94. The molecule has 0 saturated carbocycles. The van der Waals surface area contributed by atoms with Gasteiger partial charge in [0.1, 0.15) is 6.04 Å². The number of ether oxygens (including phenoxy) is 1. The first kappa shape index (κ1) is 16.6. The van der Waals surface area contributed by atoms with Crippen LogP contribution in [0.15, 0.2) is 24.3 Å². The highest BCUT2D eigenvalue weighted by atomic mass is 16.5. The van der Waals surface area contributed by atoms with Crippen LogP contribution in [0.5, 0.6) is 0 Å². The van der Waals surface area contributed by atoms with Gasteiger partial charge in [-0.05, 0) is 26.6 Å². The van der Waals surface area contributed by atoms with Crippen molar-refractivity contribution in [3.05, 3.63) is 35.4 Å². The van der Waals surface area contributed by atoms with E-state index in [1.54, 1.807) is 0 Å². The van der Waals surface area contributed by atoms with Gasteiger partial charge in [-0.2, -0.15) is 0 Å². The van der Waals surface area contributed by atoms with Crippen LogP contribution in [-0.4, -0.2) is 56.4 Å². The molecule has 0 spiro atoms. The minimum absolute atomic E-state index is 0.00235. The third kappa shape index (κ3) is 5.28. The number of hydrogen-bond donors (Lipinski definition) is 2. The monoisotopic (exact) mass is 280 g/mol. The van der Waals surface area contributed by atoms with Gasteiger partial charge >= 0.3 is 0 Å². The highest BCUT2D eigenvalue weighted by molar-refractivity contribution is 5.83. The molecule has 0 aliphatic heterocycles. The summed E-state index contributed by atoms with van der Waals surface area (Å²) in [5.41, 5.74) is 2.14. The first-order valence-electron chi connectivity index (χ1n) is 6.75. The van der Waals surface area contributed by atoms with E-state index in [1.165, 1.54) is 5.56 Å². The number of benzene rings is 1. The lowest BCUT2D eigenvalue weighted by Crippen LogP contribution is -2.38. The topological polar surface area (TPSA) is 61.8 Å². The molecule has 0 saturated heterocycles. The van der Waals surface area contributed by atoms with Crippen LogP contribution in [0.4, 0.5) is 0 Å². The summed E-state index contributed by atoms with van der Waals surface area (Å²) in [5.74, 6) is -0.0496. The minimum atomic E-state index is -0.312. The number of carbonyl (C=O) groups is 1. The zero-order chi connectivity index (χ0) is 15.0. The molecule has 1 aromatic carbocycles. The summed E-state index contributed by atoms with van der Waals surface area (Å²) in [5, 5.41) is 11.4. The summed E-state index contributed by atoms with van der Waals surface area (Å²) in [6, 6.07) is 7.64. The Bertz CT molecular complexity index is 404.